The second kappa shape index (κ2) is 11.0. The predicted molar refractivity (Wildman–Crippen MR) is 148 cm³/mol. The molecular weight excluding hydrogens is 524 g/mol. The van der Waals surface area contributed by atoms with Gasteiger partial charge in [-0.1, -0.05) is 18.2 Å². The Bertz CT molecular complexity index is 1730. The van der Waals surface area contributed by atoms with Gasteiger partial charge in [0.15, 0.2) is 18.1 Å². The summed E-state index contributed by atoms with van der Waals surface area (Å²) >= 11 is 0. The fourth-order valence-corrected chi connectivity index (χ4v) is 4.60. The lowest BCUT2D eigenvalue weighted by Gasteiger charge is -2.18. The average molecular weight is 551 g/mol. The molecule has 0 spiro atoms. The molecule has 1 N–H and O–H groups in total. The summed E-state index contributed by atoms with van der Waals surface area (Å²) in [6.45, 7) is 0.123. The Labute approximate surface area is 235 Å². The number of methoxy groups -OCH3 is 1. The molecule has 41 heavy (non-hydrogen) atoms. The SMILES string of the molecule is COc1ccc2cc1OCC(=O)NCc1cc(C(=O)N(C)Cc3nnc(-c4ccccc4)o3)cc(c1)-n1ccnc1-2. The van der Waals surface area contributed by atoms with Gasteiger partial charge in [0, 0.05) is 48.4 Å². The fraction of sp³-hybridized carbons (Fsp3) is 0.167. The van der Waals surface area contributed by atoms with Crippen LogP contribution in [0.25, 0.3) is 28.5 Å². The van der Waals surface area contributed by atoms with E-state index in [0.717, 1.165) is 16.7 Å². The van der Waals surface area contributed by atoms with Crippen LogP contribution in [0.4, 0.5) is 0 Å². The van der Waals surface area contributed by atoms with Crippen LogP contribution >= 0.6 is 0 Å². The van der Waals surface area contributed by atoms with Crippen molar-refractivity contribution in [2.75, 3.05) is 20.8 Å². The van der Waals surface area contributed by atoms with Crippen LogP contribution in [0, 0.1) is 0 Å². The molecule has 0 saturated carbocycles. The number of imidazole rings is 1. The third-order valence-corrected chi connectivity index (χ3v) is 6.62. The minimum atomic E-state index is -0.310. The van der Waals surface area contributed by atoms with Gasteiger partial charge in [-0.05, 0) is 54.1 Å². The maximum Gasteiger partial charge on any atom is 0.258 e. The largest absolute Gasteiger partial charge is 0.493 e. The van der Waals surface area contributed by atoms with Crippen molar-refractivity contribution in [1.82, 2.24) is 30.0 Å². The summed E-state index contributed by atoms with van der Waals surface area (Å²) in [6, 6.07) is 20.3. The maximum atomic E-state index is 13.6. The minimum absolute atomic E-state index is 0.122. The summed E-state index contributed by atoms with van der Waals surface area (Å²) < 4.78 is 18.9. The van der Waals surface area contributed by atoms with Gasteiger partial charge in [0.2, 0.25) is 11.8 Å². The summed E-state index contributed by atoms with van der Waals surface area (Å²) in [6.07, 6.45) is 3.51. The molecule has 5 aromatic rings. The van der Waals surface area contributed by atoms with E-state index in [9.17, 15) is 9.59 Å². The second-order valence-electron chi connectivity index (χ2n) is 9.47. The highest BCUT2D eigenvalue weighted by Crippen LogP contribution is 2.33. The molecule has 0 fully saturated rings. The van der Waals surface area contributed by atoms with Crippen molar-refractivity contribution in [2.24, 2.45) is 0 Å². The van der Waals surface area contributed by atoms with E-state index >= 15 is 0 Å². The smallest absolute Gasteiger partial charge is 0.258 e. The monoisotopic (exact) mass is 550 g/mol. The number of hydrogen-bond acceptors (Lipinski definition) is 8. The lowest BCUT2D eigenvalue weighted by atomic mass is 10.1. The number of nitrogens with one attached hydrogen (secondary N) is 1. The Morgan fingerprint density at radius 1 is 1.07 bits per heavy atom. The van der Waals surface area contributed by atoms with Crippen LogP contribution in [0.3, 0.4) is 0 Å². The number of nitrogens with zero attached hydrogens (tertiary/aromatic N) is 5. The fourth-order valence-electron chi connectivity index (χ4n) is 4.60. The first kappa shape index (κ1) is 25.8. The summed E-state index contributed by atoms with van der Waals surface area (Å²) in [5.41, 5.74) is 3.43. The van der Waals surface area contributed by atoms with E-state index in [4.69, 9.17) is 13.9 Å². The average Bonchev–Trinajstić information content (AvgIpc) is 3.69. The Morgan fingerprint density at radius 3 is 2.76 bits per heavy atom. The van der Waals surface area contributed by atoms with Crippen molar-refractivity contribution < 1.29 is 23.5 Å². The number of amides is 2. The van der Waals surface area contributed by atoms with E-state index < -0.39 is 0 Å². The number of fused-ring (bicyclic) bond motifs is 7. The molecule has 6 rings (SSSR count). The molecule has 2 amide bonds. The normalized spacial score (nSPS) is 12.6. The van der Waals surface area contributed by atoms with Crippen LogP contribution in [-0.2, 0) is 17.9 Å². The molecule has 1 aliphatic rings. The van der Waals surface area contributed by atoms with Crippen molar-refractivity contribution >= 4 is 11.8 Å². The Balaban J connectivity index is 1.33. The Kier molecular flexibility index (Phi) is 6.90. The van der Waals surface area contributed by atoms with Gasteiger partial charge in [-0.2, -0.15) is 0 Å². The summed E-state index contributed by atoms with van der Waals surface area (Å²) in [5.74, 6) is 1.71. The van der Waals surface area contributed by atoms with Crippen LogP contribution in [0.5, 0.6) is 11.5 Å². The van der Waals surface area contributed by atoms with Gasteiger partial charge in [-0.25, -0.2) is 4.98 Å². The third kappa shape index (κ3) is 5.37. The zero-order chi connectivity index (χ0) is 28.3. The molecule has 206 valence electrons. The lowest BCUT2D eigenvalue weighted by Crippen LogP contribution is -2.29. The van der Waals surface area contributed by atoms with Gasteiger partial charge >= 0.3 is 0 Å². The van der Waals surface area contributed by atoms with Crippen molar-refractivity contribution in [3.63, 3.8) is 0 Å². The highest BCUT2D eigenvalue weighted by molar-refractivity contribution is 5.95. The maximum absolute atomic E-state index is 13.6. The number of carbonyl (C=O) groups excluding carboxylic acids is 2. The van der Waals surface area contributed by atoms with E-state index in [0.29, 0.717) is 40.4 Å². The molecule has 3 heterocycles. The van der Waals surface area contributed by atoms with Gasteiger partial charge in [0.1, 0.15) is 5.82 Å². The first-order valence-electron chi connectivity index (χ1n) is 12.9. The van der Waals surface area contributed by atoms with Gasteiger partial charge in [0.25, 0.3) is 11.8 Å². The number of hydrogen-bond donors (Lipinski definition) is 1. The lowest BCUT2D eigenvalue weighted by molar-refractivity contribution is -0.123. The molecule has 0 unspecified atom stereocenters. The van der Waals surface area contributed by atoms with Crippen molar-refractivity contribution in [1.29, 1.82) is 0 Å². The van der Waals surface area contributed by atoms with Crippen molar-refractivity contribution in [3.05, 3.63) is 96.1 Å². The van der Waals surface area contributed by atoms with Gasteiger partial charge < -0.3 is 24.1 Å². The second-order valence-corrected chi connectivity index (χ2v) is 9.47. The molecule has 0 radical (unpaired) electrons. The molecule has 4 bridgehead atoms. The van der Waals surface area contributed by atoms with E-state index in [1.165, 1.54) is 4.90 Å². The van der Waals surface area contributed by atoms with Crippen molar-refractivity contribution in [3.8, 4) is 40.0 Å². The number of aromatic nitrogens is 4. The molecule has 0 saturated heterocycles. The predicted octanol–water partition coefficient (Wildman–Crippen LogP) is 3.88. The number of rotatable bonds is 5. The highest BCUT2D eigenvalue weighted by Gasteiger charge is 2.20. The van der Waals surface area contributed by atoms with Crippen LogP contribution in [0.15, 0.2) is 83.5 Å². The molecule has 0 aliphatic carbocycles. The van der Waals surface area contributed by atoms with Gasteiger partial charge in [-0.3, -0.25) is 14.2 Å². The Morgan fingerprint density at radius 2 is 1.93 bits per heavy atom. The van der Waals surface area contributed by atoms with Crippen LogP contribution in [0.2, 0.25) is 0 Å². The van der Waals surface area contributed by atoms with E-state index in [2.05, 4.69) is 20.5 Å². The van der Waals surface area contributed by atoms with Crippen LogP contribution < -0.4 is 14.8 Å². The standard InChI is InChI=1S/C30H26N6O5/c1-35(17-27-33-34-29(41-27)20-6-4-3-5-7-20)30(38)22-12-19-13-23(14-22)36-11-10-31-28(36)21-8-9-24(39-2)25(15-21)40-18-26(37)32-16-19/h3-15H,16-18H2,1-2H3,(H,32,37). The summed E-state index contributed by atoms with van der Waals surface area (Å²) in [5, 5.41) is 11.1. The third-order valence-electron chi connectivity index (χ3n) is 6.62. The quantitative estimate of drug-likeness (QED) is 0.350. The van der Waals surface area contributed by atoms with Crippen LogP contribution in [-0.4, -0.2) is 57.2 Å². The Hall–Kier alpha value is -5.45. The first-order valence-corrected chi connectivity index (χ1v) is 12.9. The summed E-state index contributed by atoms with van der Waals surface area (Å²) in [7, 11) is 3.21. The van der Waals surface area contributed by atoms with Gasteiger partial charge in [-0.15, -0.1) is 10.2 Å². The molecule has 3 aromatic carbocycles. The molecule has 2 aromatic heterocycles. The number of carbonyl (C=O) groups is 2. The molecular formula is C30H26N6O5. The summed E-state index contributed by atoms with van der Waals surface area (Å²) in [4.78, 5) is 32.3. The van der Waals surface area contributed by atoms with Crippen molar-refractivity contribution in [2.45, 2.75) is 13.1 Å². The van der Waals surface area contributed by atoms with E-state index in [-0.39, 0.29) is 31.5 Å². The molecule has 11 nitrogen and oxygen atoms in total. The zero-order valence-corrected chi connectivity index (χ0v) is 22.4. The minimum Gasteiger partial charge on any atom is -0.493 e. The topological polar surface area (TPSA) is 125 Å². The van der Waals surface area contributed by atoms with Gasteiger partial charge in [0.05, 0.1) is 13.7 Å². The highest BCUT2D eigenvalue weighted by atomic mass is 16.5. The van der Waals surface area contributed by atoms with E-state index in [1.807, 2.05) is 53.2 Å². The zero-order valence-electron chi connectivity index (χ0n) is 22.4. The first-order chi connectivity index (χ1) is 20.0. The molecule has 11 heteroatoms. The molecule has 1 aliphatic heterocycles. The number of benzene rings is 3. The number of ether oxygens (including phenoxy) is 2. The molecule has 0 atom stereocenters. The van der Waals surface area contributed by atoms with E-state index in [1.54, 1.807) is 44.6 Å². The van der Waals surface area contributed by atoms with Crippen LogP contribution in [0.1, 0.15) is 21.8 Å².